The molecule has 0 atom stereocenters. The first-order valence-corrected chi connectivity index (χ1v) is 6.17. The lowest BCUT2D eigenvalue weighted by atomic mass is 10.1. The monoisotopic (exact) mass is 266 g/mol. The number of carboxylic acids is 1. The molecule has 0 unspecified atom stereocenters. The highest BCUT2D eigenvalue weighted by atomic mass is 16.4. The molecular formula is C16H14N2O2. The van der Waals surface area contributed by atoms with Crippen molar-refractivity contribution < 1.29 is 9.90 Å². The Bertz CT molecular complexity index is 670. The summed E-state index contributed by atoms with van der Waals surface area (Å²) in [6.45, 7) is 1.91. The van der Waals surface area contributed by atoms with Crippen molar-refractivity contribution in [3.63, 3.8) is 0 Å². The second-order valence-electron chi connectivity index (χ2n) is 4.51. The number of carbonyl (C=O) groups is 1. The molecule has 0 aliphatic carbocycles. The summed E-state index contributed by atoms with van der Waals surface area (Å²) in [4.78, 5) is 11.2. The first kappa shape index (κ1) is 13.6. The van der Waals surface area contributed by atoms with E-state index in [0.717, 1.165) is 16.8 Å². The summed E-state index contributed by atoms with van der Waals surface area (Å²) in [6, 6.07) is 14.6. The minimum absolute atomic E-state index is 0.233. The molecular weight excluding hydrogens is 252 g/mol. The number of hydrogen-bond acceptors (Lipinski definition) is 3. The quantitative estimate of drug-likeness (QED) is 0.888. The smallest absolute Gasteiger partial charge is 0.337 e. The largest absolute Gasteiger partial charge is 0.478 e. The standard InChI is InChI=1S/C16H14N2O2/c1-11-2-7-14(16(19)20)15(10-11)18-13-5-3-12(4-6-13)8-9-17/h2-7,10,18H,8H2,1H3,(H,19,20). The van der Waals surface area contributed by atoms with E-state index < -0.39 is 5.97 Å². The summed E-state index contributed by atoms with van der Waals surface area (Å²) < 4.78 is 0. The Morgan fingerprint density at radius 1 is 1.25 bits per heavy atom. The zero-order chi connectivity index (χ0) is 14.5. The summed E-state index contributed by atoms with van der Waals surface area (Å²) in [5.41, 5.74) is 3.50. The van der Waals surface area contributed by atoms with Gasteiger partial charge in [0.2, 0.25) is 0 Å². The highest BCUT2D eigenvalue weighted by molar-refractivity contribution is 5.95. The Labute approximate surface area is 117 Å². The van der Waals surface area contributed by atoms with Gasteiger partial charge in [-0.3, -0.25) is 0 Å². The Kier molecular flexibility index (Phi) is 4.02. The lowest BCUT2D eigenvalue weighted by molar-refractivity contribution is 0.0698. The normalized spacial score (nSPS) is 9.80. The molecule has 0 radical (unpaired) electrons. The minimum Gasteiger partial charge on any atom is -0.478 e. The number of nitriles is 1. The van der Waals surface area contributed by atoms with Gasteiger partial charge in [0.25, 0.3) is 0 Å². The summed E-state index contributed by atoms with van der Waals surface area (Å²) in [6.07, 6.45) is 0.366. The molecule has 0 saturated carbocycles. The predicted molar refractivity (Wildman–Crippen MR) is 77.2 cm³/mol. The number of nitrogens with zero attached hydrogens (tertiary/aromatic N) is 1. The maximum absolute atomic E-state index is 11.2. The Hall–Kier alpha value is -2.80. The van der Waals surface area contributed by atoms with Gasteiger partial charge in [-0.05, 0) is 42.3 Å². The van der Waals surface area contributed by atoms with E-state index in [1.165, 1.54) is 0 Å². The molecule has 2 aromatic carbocycles. The van der Waals surface area contributed by atoms with E-state index in [4.69, 9.17) is 5.26 Å². The van der Waals surface area contributed by atoms with Gasteiger partial charge in [-0.2, -0.15) is 5.26 Å². The van der Waals surface area contributed by atoms with E-state index in [2.05, 4.69) is 11.4 Å². The van der Waals surface area contributed by atoms with Gasteiger partial charge in [-0.15, -0.1) is 0 Å². The fraction of sp³-hybridized carbons (Fsp3) is 0.125. The number of carboxylic acid groups (broad SMARTS) is 1. The van der Waals surface area contributed by atoms with Crippen molar-refractivity contribution in [1.82, 2.24) is 0 Å². The highest BCUT2D eigenvalue weighted by Gasteiger charge is 2.10. The van der Waals surface area contributed by atoms with Gasteiger partial charge in [0.05, 0.1) is 23.7 Å². The lowest BCUT2D eigenvalue weighted by Crippen LogP contribution is -2.03. The van der Waals surface area contributed by atoms with Crippen LogP contribution in [0.5, 0.6) is 0 Å². The molecule has 0 spiro atoms. The zero-order valence-corrected chi connectivity index (χ0v) is 11.1. The molecule has 0 aromatic heterocycles. The summed E-state index contributed by atoms with van der Waals surface area (Å²) in [7, 11) is 0. The molecule has 0 fully saturated rings. The second-order valence-corrected chi connectivity index (χ2v) is 4.51. The molecule has 0 heterocycles. The van der Waals surface area contributed by atoms with Crippen molar-refractivity contribution in [1.29, 1.82) is 5.26 Å². The van der Waals surface area contributed by atoms with Crippen molar-refractivity contribution in [2.24, 2.45) is 0 Å². The van der Waals surface area contributed by atoms with E-state index in [-0.39, 0.29) is 5.56 Å². The average Bonchev–Trinajstić information content (AvgIpc) is 2.41. The summed E-state index contributed by atoms with van der Waals surface area (Å²) >= 11 is 0. The van der Waals surface area contributed by atoms with Gasteiger partial charge in [0.1, 0.15) is 0 Å². The first-order chi connectivity index (χ1) is 9.60. The van der Waals surface area contributed by atoms with E-state index in [1.54, 1.807) is 18.2 Å². The van der Waals surface area contributed by atoms with Crippen LogP contribution in [-0.2, 0) is 6.42 Å². The average molecular weight is 266 g/mol. The van der Waals surface area contributed by atoms with Crippen LogP contribution in [0.1, 0.15) is 21.5 Å². The van der Waals surface area contributed by atoms with E-state index >= 15 is 0 Å². The molecule has 2 N–H and O–H groups in total. The van der Waals surface area contributed by atoms with Crippen molar-refractivity contribution in [3.05, 3.63) is 59.2 Å². The number of benzene rings is 2. The van der Waals surface area contributed by atoms with Gasteiger partial charge in [-0.25, -0.2) is 4.79 Å². The number of anilines is 2. The number of aryl methyl sites for hydroxylation is 1. The van der Waals surface area contributed by atoms with Crippen LogP contribution in [0, 0.1) is 18.3 Å². The third-order valence-corrected chi connectivity index (χ3v) is 2.92. The molecule has 0 aliphatic heterocycles. The highest BCUT2D eigenvalue weighted by Crippen LogP contribution is 2.23. The van der Waals surface area contributed by atoms with Gasteiger partial charge in [0, 0.05) is 5.69 Å². The molecule has 0 saturated heterocycles. The van der Waals surface area contributed by atoms with Crippen LogP contribution in [-0.4, -0.2) is 11.1 Å². The second kappa shape index (κ2) is 5.89. The van der Waals surface area contributed by atoms with Gasteiger partial charge in [-0.1, -0.05) is 18.2 Å². The van der Waals surface area contributed by atoms with Crippen LogP contribution in [0.15, 0.2) is 42.5 Å². The first-order valence-electron chi connectivity index (χ1n) is 6.17. The van der Waals surface area contributed by atoms with Crippen LogP contribution < -0.4 is 5.32 Å². The van der Waals surface area contributed by atoms with Crippen molar-refractivity contribution >= 4 is 17.3 Å². The molecule has 4 heteroatoms. The van der Waals surface area contributed by atoms with Gasteiger partial charge in [0.15, 0.2) is 0 Å². The molecule has 100 valence electrons. The Morgan fingerprint density at radius 2 is 1.95 bits per heavy atom. The summed E-state index contributed by atoms with van der Waals surface area (Å²) in [5, 5.41) is 20.9. The molecule has 2 aromatic rings. The van der Waals surface area contributed by atoms with Crippen LogP contribution in [0.2, 0.25) is 0 Å². The van der Waals surface area contributed by atoms with Gasteiger partial charge >= 0.3 is 5.97 Å². The topological polar surface area (TPSA) is 73.1 Å². The van der Waals surface area contributed by atoms with E-state index in [1.807, 2.05) is 31.2 Å². The summed E-state index contributed by atoms with van der Waals surface area (Å²) in [5.74, 6) is -0.964. The van der Waals surface area contributed by atoms with Crippen LogP contribution in [0.25, 0.3) is 0 Å². The number of nitrogens with one attached hydrogen (secondary N) is 1. The Morgan fingerprint density at radius 3 is 2.55 bits per heavy atom. The maximum atomic E-state index is 11.2. The van der Waals surface area contributed by atoms with Crippen LogP contribution in [0.3, 0.4) is 0 Å². The molecule has 0 bridgehead atoms. The molecule has 20 heavy (non-hydrogen) atoms. The minimum atomic E-state index is -0.964. The third-order valence-electron chi connectivity index (χ3n) is 2.92. The molecule has 2 rings (SSSR count). The van der Waals surface area contributed by atoms with Gasteiger partial charge < -0.3 is 10.4 Å². The number of rotatable bonds is 4. The fourth-order valence-electron chi connectivity index (χ4n) is 1.90. The Balaban J connectivity index is 2.27. The van der Waals surface area contributed by atoms with Crippen molar-refractivity contribution in [2.75, 3.05) is 5.32 Å². The molecule has 0 aliphatic rings. The number of aromatic carboxylic acids is 1. The molecule has 4 nitrogen and oxygen atoms in total. The van der Waals surface area contributed by atoms with Crippen molar-refractivity contribution in [3.8, 4) is 6.07 Å². The van der Waals surface area contributed by atoms with Crippen LogP contribution in [0.4, 0.5) is 11.4 Å². The zero-order valence-electron chi connectivity index (χ0n) is 11.1. The third kappa shape index (κ3) is 3.15. The molecule has 0 amide bonds. The predicted octanol–water partition coefficient (Wildman–Crippen LogP) is 3.50. The lowest BCUT2D eigenvalue weighted by Gasteiger charge is -2.11. The number of hydrogen-bond donors (Lipinski definition) is 2. The van der Waals surface area contributed by atoms with Crippen LogP contribution >= 0.6 is 0 Å². The fourth-order valence-corrected chi connectivity index (χ4v) is 1.90. The van der Waals surface area contributed by atoms with Crippen molar-refractivity contribution in [2.45, 2.75) is 13.3 Å². The van der Waals surface area contributed by atoms with E-state index in [0.29, 0.717) is 12.1 Å². The SMILES string of the molecule is Cc1ccc(C(=O)O)c(Nc2ccc(CC#N)cc2)c1. The van der Waals surface area contributed by atoms with E-state index in [9.17, 15) is 9.90 Å². The maximum Gasteiger partial charge on any atom is 0.337 e.